The summed E-state index contributed by atoms with van der Waals surface area (Å²) in [4.78, 5) is 17.0. The number of carbonyl (C=O) groups is 1. The Kier molecular flexibility index (Phi) is 3.84. The molecule has 5 heteroatoms. The fourth-order valence-corrected chi connectivity index (χ4v) is 4.20. The fourth-order valence-electron chi connectivity index (χ4n) is 2.96. The van der Waals surface area contributed by atoms with E-state index in [1.54, 1.807) is 11.3 Å². The molecule has 2 unspecified atom stereocenters. The largest absolute Gasteiger partial charge is 0.481 e. The average Bonchev–Trinajstić information content (AvgIpc) is 2.81. The number of aromatic nitrogens is 1. The third-order valence-corrected chi connectivity index (χ3v) is 5.13. The van der Waals surface area contributed by atoms with Gasteiger partial charge in [0.05, 0.1) is 22.7 Å². The first-order chi connectivity index (χ1) is 9.24. The molecule has 4 nitrogen and oxygen atoms in total. The predicted octanol–water partition coefficient (Wildman–Crippen LogP) is 2.76. The molecule has 1 fully saturated rings. The van der Waals surface area contributed by atoms with Gasteiger partial charge in [-0.25, -0.2) is 4.98 Å². The van der Waals surface area contributed by atoms with E-state index in [9.17, 15) is 9.90 Å². The lowest BCUT2D eigenvalue weighted by atomic mass is 9.91. The molecule has 2 heterocycles. The van der Waals surface area contributed by atoms with Gasteiger partial charge in [-0.1, -0.05) is 0 Å². The number of hydrogen-bond donors (Lipinski definition) is 1. The Hall–Kier alpha value is -0.940. The monoisotopic (exact) mass is 281 g/mol. The van der Waals surface area contributed by atoms with Gasteiger partial charge >= 0.3 is 5.97 Å². The number of ether oxygens (including phenoxy) is 1. The van der Waals surface area contributed by atoms with Crippen LogP contribution in [-0.2, 0) is 22.4 Å². The van der Waals surface area contributed by atoms with Crippen LogP contribution in [0, 0.1) is 0 Å². The van der Waals surface area contributed by atoms with Crippen LogP contribution in [-0.4, -0.2) is 28.8 Å². The number of aryl methyl sites for hydroxylation is 1. The smallest absolute Gasteiger partial charge is 0.312 e. The van der Waals surface area contributed by atoms with Gasteiger partial charge in [-0.3, -0.25) is 4.79 Å². The highest BCUT2D eigenvalue weighted by molar-refractivity contribution is 7.11. The molecule has 1 aromatic rings. The predicted molar refractivity (Wildman–Crippen MR) is 72.7 cm³/mol. The molecule has 3 rings (SSSR count). The molecule has 1 aromatic heterocycles. The first-order valence-corrected chi connectivity index (χ1v) is 7.88. The number of fused-ring (bicyclic) bond motifs is 1. The summed E-state index contributed by atoms with van der Waals surface area (Å²) in [6.45, 7) is 0.855. The van der Waals surface area contributed by atoms with E-state index >= 15 is 0 Å². The van der Waals surface area contributed by atoms with Crippen molar-refractivity contribution in [2.75, 3.05) is 6.61 Å². The van der Waals surface area contributed by atoms with E-state index in [2.05, 4.69) is 4.98 Å². The van der Waals surface area contributed by atoms with Crippen LogP contribution in [0.15, 0.2) is 0 Å². The Balaban J connectivity index is 1.75. The number of carboxylic acids is 1. The van der Waals surface area contributed by atoms with E-state index in [-0.39, 0.29) is 12.0 Å². The van der Waals surface area contributed by atoms with Gasteiger partial charge in [-0.05, 0) is 38.5 Å². The highest BCUT2D eigenvalue weighted by atomic mass is 32.1. The second-order valence-electron chi connectivity index (χ2n) is 5.39. The second kappa shape index (κ2) is 5.59. The van der Waals surface area contributed by atoms with Crippen LogP contribution in [0.2, 0.25) is 0 Å². The van der Waals surface area contributed by atoms with Gasteiger partial charge in [0.15, 0.2) is 0 Å². The summed E-state index contributed by atoms with van der Waals surface area (Å²) < 4.78 is 5.74. The molecular weight excluding hydrogens is 262 g/mol. The van der Waals surface area contributed by atoms with Crippen LogP contribution in [0.1, 0.15) is 53.6 Å². The first kappa shape index (κ1) is 13.1. The summed E-state index contributed by atoms with van der Waals surface area (Å²) in [6, 6.07) is 0. The molecule has 1 aliphatic carbocycles. The van der Waals surface area contributed by atoms with Crippen LogP contribution in [0.25, 0.3) is 0 Å². The standard InChI is InChI=1S/C14H19NO3S/c16-14(17)10-5-3-6-11-13(10)15-12(19-11)8-9-4-1-2-7-18-9/h9-10H,1-8H2,(H,16,17). The molecule has 2 atom stereocenters. The molecule has 19 heavy (non-hydrogen) atoms. The third-order valence-electron chi connectivity index (χ3n) is 3.97. The Labute approximate surface area is 116 Å². The molecule has 0 bridgehead atoms. The average molecular weight is 281 g/mol. The number of aliphatic carboxylic acids is 1. The Morgan fingerprint density at radius 1 is 1.37 bits per heavy atom. The van der Waals surface area contributed by atoms with Crippen molar-refractivity contribution < 1.29 is 14.6 Å². The van der Waals surface area contributed by atoms with E-state index in [4.69, 9.17) is 4.74 Å². The zero-order valence-electron chi connectivity index (χ0n) is 10.9. The molecular formula is C14H19NO3S. The molecule has 0 aromatic carbocycles. The zero-order chi connectivity index (χ0) is 13.2. The van der Waals surface area contributed by atoms with Crippen molar-refractivity contribution in [1.29, 1.82) is 0 Å². The van der Waals surface area contributed by atoms with Crippen molar-refractivity contribution in [3.63, 3.8) is 0 Å². The number of rotatable bonds is 3. The summed E-state index contributed by atoms with van der Waals surface area (Å²) in [5.74, 6) is -1.12. The molecule has 0 amide bonds. The SMILES string of the molecule is O=C(O)C1CCCc2sc(CC3CCCCO3)nc21. The van der Waals surface area contributed by atoms with Crippen LogP contribution < -0.4 is 0 Å². The van der Waals surface area contributed by atoms with Crippen LogP contribution in [0.3, 0.4) is 0 Å². The molecule has 104 valence electrons. The molecule has 1 N–H and O–H groups in total. The van der Waals surface area contributed by atoms with Crippen molar-refractivity contribution in [3.05, 3.63) is 15.6 Å². The maximum atomic E-state index is 11.3. The van der Waals surface area contributed by atoms with Crippen molar-refractivity contribution in [2.24, 2.45) is 0 Å². The molecule has 0 saturated carbocycles. The van der Waals surface area contributed by atoms with Gasteiger partial charge in [-0.2, -0.15) is 0 Å². The molecule has 1 aliphatic heterocycles. The van der Waals surface area contributed by atoms with E-state index in [0.29, 0.717) is 0 Å². The maximum Gasteiger partial charge on any atom is 0.312 e. The summed E-state index contributed by atoms with van der Waals surface area (Å²) >= 11 is 1.70. The Morgan fingerprint density at radius 2 is 2.26 bits per heavy atom. The topological polar surface area (TPSA) is 59.4 Å². The van der Waals surface area contributed by atoms with E-state index in [1.807, 2.05) is 0 Å². The third kappa shape index (κ3) is 2.82. The van der Waals surface area contributed by atoms with Gasteiger partial charge < -0.3 is 9.84 Å². The van der Waals surface area contributed by atoms with E-state index < -0.39 is 5.97 Å². The lowest BCUT2D eigenvalue weighted by molar-refractivity contribution is -0.139. The molecule has 1 saturated heterocycles. The van der Waals surface area contributed by atoms with E-state index in [0.717, 1.165) is 55.8 Å². The van der Waals surface area contributed by atoms with Crippen molar-refractivity contribution in [1.82, 2.24) is 4.98 Å². The summed E-state index contributed by atoms with van der Waals surface area (Å²) in [7, 11) is 0. The second-order valence-corrected chi connectivity index (χ2v) is 6.56. The van der Waals surface area contributed by atoms with Gasteiger partial charge in [0.25, 0.3) is 0 Å². The van der Waals surface area contributed by atoms with Gasteiger partial charge in [0, 0.05) is 17.9 Å². The lowest BCUT2D eigenvalue weighted by Gasteiger charge is -2.21. The van der Waals surface area contributed by atoms with E-state index in [1.165, 1.54) is 11.3 Å². The van der Waals surface area contributed by atoms with Crippen molar-refractivity contribution in [2.45, 2.75) is 57.0 Å². The van der Waals surface area contributed by atoms with Crippen molar-refractivity contribution in [3.8, 4) is 0 Å². The maximum absolute atomic E-state index is 11.3. The zero-order valence-corrected chi connectivity index (χ0v) is 11.7. The number of carboxylic acid groups (broad SMARTS) is 1. The minimum absolute atomic E-state index is 0.282. The van der Waals surface area contributed by atoms with Gasteiger partial charge in [-0.15, -0.1) is 11.3 Å². The summed E-state index contributed by atoms with van der Waals surface area (Å²) in [5.41, 5.74) is 0.828. The highest BCUT2D eigenvalue weighted by Crippen LogP contribution is 2.35. The number of hydrogen-bond acceptors (Lipinski definition) is 4. The molecule has 0 spiro atoms. The Morgan fingerprint density at radius 3 is 3.00 bits per heavy atom. The van der Waals surface area contributed by atoms with Crippen LogP contribution in [0.5, 0.6) is 0 Å². The summed E-state index contributed by atoms with van der Waals surface area (Å²) in [5, 5.41) is 10.3. The number of thiazole rings is 1. The quantitative estimate of drug-likeness (QED) is 0.925. The minimum atomic E-state index is -0.730. The van der Waals surface area contributed by atoms with Crippen LogP contribution in [0.4, 0.5) is 0 Å². The fraction of sp³-hybridized carbons (Fsp3) is 0.714. The molecule has 2 aliphatic rings. The molecule has 0 radical (unpaired) electrons. The van der Waals surface area contributed by atoms with Crippen molar-refractivity contribution >= 4 is 17.3 Å². The summed E-state index contributed by atoms with van der Waals surface area (Å²) in [6.07, 6.45) is 7.31. The van der Waals surface area contributed by atoms with Gasteiger partial charge in [0.1, 0.15) is 0 Å². The normalized spacial score (nSPS) is 26.9. The van der Waals surface area contributed by atoms with Gasteiger partial charge in [0.2, 0.25) is 0 Å². The van der Waals surface area contributed by atoms with Crippen LogP contribution >= 0.6 is 11.3 Å². The Bertz CT molecular complexity index is 465. The lowest BCUT2D eigenvalue weighted by Crippen LogP contribution is -2.21. The number of nitrogens with zero attached hydrogens (tertiary/aromatic N) is 1. The minimum Gasteiger partial charge on any atom is -0.481 e. The highest BCUT2D eigenvalue weighted by Gasteiger charge is 2.30. The first-order valence-electron chi connectivity index (χ1n) is 7.07.